The highest BCUT2D eigenvalue weighted by Gasteiger charge is 2.22. The molecular weight excluding hydrogens is 452 g/mol. The van der Waals surface area contributed by atoms with Crippen LogP contribution in [0, 0.1) is 6.92 Å². The summed E-state index contributed by atoms with van der Waals surface area (Å²) >= 11 is 1.15. The fourth-order valence-corrected chi connectivity index (χ4v) is 4.66. The molecule has 0 unspecified atom stereocenters. The summed E-state index contributed by atoms with van der Waals surface area (Å²) in [7, 11) is 0. The summed E-state index contributed by atoms with van der Waals surface area (Å²) < 4.78 is 6.38. The number of fused-ring (bicyclic) bond motifs is 4. The molecule has 0 bridgehead atoms. The minimum atomic E-state index is -0.0805. The number of carbonyl (C=O) groups excluding carboxylic acids is 1. The third-order valence-electron chi connectivity index (χ3n) is 5.72. The van der Waals surface area contributed by atoms with Crippen molar-refractivity contribution in [2.45, 2.75) is 40.5 Å². The van der Waals surface area contributed by atoms with Crippen LogP contribution in [0.1, 0.15) is 54.8 Å². The van der Waals surface area contributed by atoms with Gasteiger partial charge < -0.3 is 4.90 Å². The second-order valence-corrected chi connectivity index (χ2v) is 9.02. The van der Waals surface area contributed by atoms with E-state index in [1.165, 1.54) is 0 Å². The van der Waals surface area contributed by atoms with Crippen LogP contribution in [0.25, 0.3) is 27.6 Å². The molecule has 1 amide bonds. The van der Waals surface area contributed by atoms with Crippen molar-refractivity contribution in [3.63, 3.8) is 0 Å². The van der Waals surface area contributed by atoms with E-state index in [9.17, 15) is 4.79 Å². The van der Waals surface area contributed by atoms with Crippen LogP contribution < -0.4 is 0 Å². The van der Waals surface area contributed by atoms with Gasteiger partial charge in [0.25, 0.3) is 5.91 Å². The monoisotopic (exact) mass is 476 g/mol. The van der Waals surface area contributed by atoms with Crippen LogP contribution in [-0.2, 0) is 0 Å². The molecule has 5 aromatic rings. The molecule has 12 heteroatoms. The molecule has 0 fully saturated rings. The van der Waals surface area contributed by atoms with Crippen molar-refractivity contribution < 1.29 is 4.79 Å². The number of aromatic amines is 1. The number of H-pyrrole nitrogens is 1. The molecule has 34 heavy (non-hydrogen) atoms. The lowest BCUT2D eigenvalue weighted by atomic mass is 10.1. The highest BCUT2D eigenvalue weighted by Crippen LogP contribution is 2.32. The number of nitrogens with one attached hydrogen (secondary N) is 1. The van der Waals surface area contributed by atoms with Crippen molar-refractivity contribution in [2.24, 2.45) is 10.2 Å². The molecule has 1 aromatic carbocycles. The van der Waals surface area contributed by atoms with E-state index in [0.29, 0.717) is 51.5 Å². The summed E-state index contributed by atoms with van der Waals surface area (Å²) in [5, 5.41) is 30.1. The predicted octanol–water partition coefficient (Wildman–Crippen LogP) is 4.94. The fraction of sp³-hybridized carbons (Fsp3) is 0.364. The minimum Gasteiger partial charge on any atom is -0.338 e. The number of hydrogen-bond acceptors (Lipinski definition) is 9. The Bertz CT molecular complexity index is 1560. The maximum absolute atomic E-state index is 12.9. The number of hydrogen-bond donors (Lipinski definition) is 1. The lowest BCUT2D eigenvalue weighted by Gasteiger charge is -2.16. The molecule has 0 radical (unpaired) electrons. The van der Waals surface area contributed by atoms with Gasteiger partial charge in [-0.25, -0.2) is 4.52 Å². The Kier molecular flexibility index (Phi) is 5.52. The van der Waals surface area contributed by atoms with Gasteiger partial charge in [0.2, 0.25) is 5.65 Å². The average molecular weight is 477 g/mol. The number of azo groups is 1. The number of aryl methyl sites for hydroxylation is 1. The quantitative estimate of drug-likeness (QED) is 0.346. The number of aromatic nitrogens is 7. The molecule has 0 atom stereocenters. The third-order valence-corrected chi connectivity index (χ3v) is 6.55. The van der Waals surface area contributed by atoms with E-state index < -0.39 is 0 Å². The van der Waals surface area contributed by atoms with E-state index in [0.717, 1.165) is 28.4 Å². The fourth-order valence-electron chi connectivity index (χ4n) is 3.87. The van der Waals surface area contributed by atoms with Gasteiger partial charge in [-0.15, -0.1) is 25.5 Å². The highest BCUT2D eigenvalue weighted by atomic mass is 32.1. The van der Waals surface area contributed by atoms with Crippen LogP contribution >= 0.6 is 11.5 Å². The van der Waals surface area contributed by atoms with E-state index in [2.05, 4.69) is 53.9 Å². The van der Waals surface area contributed by atoms with Crippen LogP contribution in [0.15, 0.2) is 28.4 Å². The van der Waals surface area contributed by atoms with E-state index in [1.807, 2.05) is 43.5 Å². The van der Waals surface area contributed by atoms with Crippen molar-refractivity contribution in [3.8, 4) is 0 Å². The van der Waals surface area contributed by atoms with Gasteiger partial charge in [0.05, 0.1) is 16.9 Å². The van der Waals surface area contributed by atoms with Gasteiger partial charge in [0, 0.05) is 24.4 Å². The second-order valence-electron chi connectivity index (χ2n) is 8.25. The van der Waals surface area contributed by atoms with Gasteiger partial charge in [0.1, 0.15) is 15.9 Å². The number of rotatable bonds is 6. The molecule has 11 nitrogen and oxygen atoms in total. The number of benzene rings is 1. The van der Waals surface area contributed by atoms with Crippen molar-refractivity contribution >= 4 is 56.4 Å². The van der Waals surface area contributed by atoms with Crippen molar-refractivity contribution in [1.29, 1.82) is 0 Å². The molecule has 0 aliphatic rings. The summed E-state index contributed by atoms with van der Waals surface area (Å²) in [5.74, 6) is 0.978. The molecule has 0 saturated heterocycles. The minimum absolute atomic E-state index is 0.0805. The van der Waals surface area contributed by atoms with Crippen LogP contribution in [0.5, 0.6) is 0 Å². The van der Waals surface area contributed by atoms with Gasteiger partial charge in [-0.1, -0.05) is 13.8 Å². The third kappa shape index (κ3) is 3.50. The van der Waals surface area contributed by atoms with Crippen LogP contribution in [0.2, 0.25) is 0 Å². The second kappa shape index (κ2) is 8.52. The van der Waals surface area contributed by atoms with E-state index in [-0.39, 0.29) is 11.8 Å². The van der Waals surface area contributed by atoms with Gasteiger partial charge in [-0.2, -0.15) is 9.49 Å². The highest BCUT2D eigenvalue weighted by molar-refractivity contribution is 7.09. The largest absolute Gasteiger partial charge is 0.338 e. The van der Waals surface area contributed by atoms with Crippen molar-refractivity contribution in [2.75, 3.05) is 13.1 Å². The van der Waals surface area contributed by atoms with Gasteiger partial charge in [0.15, 0.2) is 11.5 Å². The van der Waals surface area contributed by atoms with Gasteiger partial charge in [-0.3, -0.25) is 9.89 Å². The summed E-state index contributed by atoms with van der Waals surface area (Å²) in [6.45, 7) is 11.2. The van der Waals surface area contributed by atoms with Crippen molar-refractivity contribution in [3.05, 3.63) is 34.6 Å². The molecule has 4 aromatic heterocycles. The molecule has 0 spiro atoms. The standard InChI is InChI=1S/C22H24N10OS/c1-6-31(7-2)22(33)19-18-17(30-34-19)14-10-13(8-9-15(14)24-26-18)23-25-16-12(5)29-32-20(11(3)4)27-28-21(16)32/h8-11,29H,6-7H2,1-5H3. The Morgan fingerprint density at radius 1 is 1.12 bits per heavy atom. The van der Waals surface area contributed by atoms with E-state index >= 15 is 0 Å². The van der Waals surface area contributed by atoms with Crippen molar-refractivity contribution in [1.82, 2.24) is 39.3 Å². The first-order chi connectivity index (χ1) is 16.4. The Hall–Kier alpha value is -3.80. The zero-order valence-electron chi connectivity index (χ0n) is 19.6. The van der Waals surface area contributed by atoms with Crippen LogP contribution in [0.4, 0.5) is 11.4 Å². The summed E-state index contributed by atoms with van der Waals surface area (Å²) in [6, 6.07) is 5.52. The Morgan fingerprint density at radius 3 is 2.65 bits per heavy atom. The first kappa shape index (κ1) is 22.0. The number of carbonyl (C=O) groups is 1. The molecule has 5 rings (SSSR count). The predicted molar refractivity (Wildman–Crippen MR) is 130 cm³/mol. The van der Waals surface area contributed by atoms with Gasteiger partial charge >= 0.3 is 0 Å². The summed E-state index contributed by atoms with van der Waals surface area (Å²) in [6.07, 6.45) is 0. The average Bonchev–Trinajstić information content (AvgIpc) is 3.51. The van der Waals surface area contributed by atoms with E-state index in [1.54, 1.807) is 4.90 Å². The molecular formula is C22H24N10OS. The molecule has 0 aliphatic heterocycles. The maximum atomic E-state index is 12.9. The summed E-state index contributed by atoms with van der Waals surface area (Å²) in [5.41, 5.74) is 4.59. The Morgan fingerprint density at radius 2 is 1.91 bits per heavy atom. The number of nitrogens with zero attached hydrogens (tertiary/aromatic N) is 9. The first-order valence-electron chi connectivity index (χ1n) is 11.1. The maximum Gasteiger partial charge on any atom is 0.267 e. The molecule has 174 valence electrons. The Labute approximate surface area is 199 Å². The molecule has 1 N–H and O–H groups in total. The van der Waals surface area contributed by atoms with Crippen LogP contribution in [0.3, 0.4) is 0 Å². The molecule has 4 heterocycles. The van der Waals surface area contributed by atoms with Gasteiger partial charge in [-0.05, 0) is 50.5 Å². The zero-order chi connectivity index (χ0) is 24.0. The lowest BCUT2D eigenvalue weighted by molar-refractivity contribution is 0.0779. The Balaban J connectivity index is 1.55. The number of amides is 1. The molecule has 0 saturated carbocycles. The summed E-state index contributed by atoms with van der Waals surface area (Å²) in [4.78, 5) is 15.1. The smallest absolute Gasteiger partial charge is 0.267 e. The normalized spacial score (nSPS) is 12.2. The lowest BCUT2D eigenvalue weighted by Crippen LogP contribution is -2.30. The first-order valence-corrected chi connectivity index (χ1v) is 11.9. The SMILES string of the molecule is CCN(CC)C(=O)c1snc2c1nnc1ccc(N=Nc3c(C)[nH]n4c(C(C)C)nnc34)cc12. The topological polar surface area (TPSA) is 130 Å². The molecule has 0 aliphatic carbocycles. The van der Waals surface area contributed by atoms with E-state index in [4.69, 9.17) is 0 Å². The van der Waals surface area contributed by atoms with Crippen LogP contribution in [-0.4, -0.2) is 58.3 Å². The zero-order valence-corrected chi connectivity index (χ0v) is 20.4.